The van der Waals surface area contributed by atoms with Gasteiger partial charge in [-0.05, 0) is 31.9 Å². The van der Waals surface area contributed by atoms with E-state index in [1.807, 2.05) is 12.4 Å². The van der Waals surface area contributed by atoms with Crippen LogP contribution in [0.2, 0.25) is 0 Å². The predicted molar refractivity (Wildman–Crippen MR) is 86.9 cm³/mol. The second-order valence-electron chi connectivity index (χ2n) is 5.74. The quantitative estimate of drug-likeness (QED) is 0.943. The number of para-hydroxylation sites is 1. The topological polar surface area (TPSA) is 50.2 Å². The third kappa shape index (κ3) is 3.36. The maximum Gasteiger partial charge on any atom is 0.321 e. The third-order valence-corrected chi connectivity index (χ3v) is 4.35. The highest BCUT2D eigenvalue weighted by Crippen LogP contribution is 2.27. The number of aryl methyl sites for hydroxylation is 1. The summed E-state index contributed by atoms with van der Waals surface area (Å²) in [7, 11) is 0. The Morgan fingerprint density at radius 3 is 2.78 bits per heavy atom. The number of likely N-dealkylation sites (tertiary alicyclic amines) is 1. The van der Waals surface area contributed by atoms with Gasteiger partial charge in [-0.2, -0.15) is 0 Å². The molecule has 2 amide bonds. The summed E-state index contributed by atoms with van der Waals surface area (Å²) >= 11 is 0. The number of imidazole rings is 1. The summed E-state index contributed by atoms with van der Waals surface area (Å²) in [5, 5.41) is 2.64. The van der Waals surface area contributed by atoms with Crippen LogP contribution in [-0.4, -0.2) is 33.6 Å². The highest BCUT2D eigenvalue weighted by atomic mass is 19.1. The van der Waals surface area contributed by atoms with Crippen LogP contribution in [0.3, 0.4) is 0 Å². The number of benzene rings is 1. The van der Waals surface area contributed by atoms with Gasteiger partial charge in [-0.25, -0.2) is 14.2 Å². The monoisotopic (exact) mass is 316 g/mol. The smallest absolute Gasteiger partial charge is 0.321 e. The number of nitrogens with zero attached hydrogens (tertiary/aromatic N) is 3. The van der Waals surface area contributed by atoms with E-state index in [0.29, 0.717) is 19.0 Å². The molecule has 1 N–H and O–H groups in total. The standard InChI is InChI=1S/C17H21FN4O/c1-2-21-12-9-19-16(21)13-7-10-22(11-8-13)17(23)20-15-6-4-3-5-14(15)18/h3-6,9,12-13H,2,7-8,10-11H2,1H3,(H,20,23). The van der Waals surface area contributed by atoms with Gasteiger partial charge in [0.05, 0.1) is 5.69 Å². The minimum Gasteiger partial charge on any atom is -0.335 e. The van der Waals surface area contributed by atoms with Gasteiger partial charge in [0, 0.05) is 37.9 Å². The second kappa shape index (κ2) is 6.81. The Balaban J connectivity index is 1.58. The number of rotatable bonds is 3. The largest absolute Gasteiger partial charge is 0.335 e. The predicted octanol–water partition coefficient (Wildman–Crippen LogP) is 3.45. The molecule has 2 aromatic rings. The van der Waals surface area contributed by atoms with Crippen molar-refractivity contribution in [2.24, 2.45) is 0 Å². The fourth-order valence-corrected chi connectivity index (χ4v) is 3.05. The summed E-state index contributed by atoms with van der Waals surface area (Å²) in [4.78, 5) is 18.5. The average molecular weight is 316 g/mol. The van der Waals surface area contributed by atoms with Gasteiger partial charge in [0.25, 0.3) is 0 Å². The van der Waals surface area contributed by atoms with Gasteiger partial charge in [-0.3, -0.25) is 0 Å². The summed E-state index contributed by atoms with van der Waals surface area (Å²) in [6, 6.07) is 5.97. The van der Waals surface area contributed by atoms with E-state index in [2.05, 4.69) is 21.8 Å². The molecule has 1 saturated heterocycles. The highest BCUT2D eigenvalue weighted by molar-refractivity contribution is 5.89. The molecule has 1 aliphatic heterocycles. The van der Waals surface area contributed by atoms with Crippen molar-refractivity contribution in [3.63, 3.8) is 0 Å². The van der Waals surface area contributed by atoms with Crippen molar-refractivity contribution in [1.82, 2.24) is 14.5 Å². The number of anilines is 1. The van der Waals surface area contributed by atoms with E-state index in [-0.39, 0.29) is 11.7 Å². The Bertz CT molecular complexity index is 677. The van der Waals surface area contributed by atoms with Crippen molar-refractivity contribution < 1.29 is 9.18 Å². The number of aromatic nitrogens is 2. The van der Waals surface area contributed by atoms with Gasteiger partial charge >= 0.3 is 6.03 Å². The maximum absolute atomic E-state index is 13.6. The van der Waals surface area contributed by atoms with Crippen LogP contribution in [0.5, 0.6) is 0 Å². The molecule has 6 heteroatoms. The van der Waals surface area contributed by atoms with E-state index in [0.717, 1.165) is 25.2 Å². The normalized spacial score (nSPS) is 15.7. The number of amides is 2. The van der Waals surface area contributed by atoms with Crippen molar-refractivity contribution in [2.75, 3.05) is 18.4 Å². The Morgan fingerprint density at radius 2 is 2.09 bits per heavy atom. The molecular formula is C17H21FN4O. The molecule has 0 saturated carbocycles. The Kier molecular flexibility index (Phi) is 4.60. The number of hydrogen-bond acceptors (Lipinski definition) is 2. The lowest BCUT2D eigenvalue weighted by Crippen LogP contribution is -2.41. The first kappa shape index (κ1) is 15.5. The Morgan fingerprint density at radius 1 is 1.35 bits per heavy atom. The van der Waals surface area contributed by atoms with Gasteiger partial charge in [0.15, 0.2) is 0 Å². The highest BCUT2D eigenvalue weighted by Gasteiger charge is 2.26. The molecule has 5 nitrogen and oxygen atoms in total. The minimum absolute atomic E-state index is 0.223. The van der Waals surface area contributed by atoms with Crippen LogP contribution >= 0.6 is 0 Å². The fourth-order valence-electron chi connectivity index (χ4n) is 3.05. The first-order chi connectivity index (χ1) is 11.2. The number of urea groups is 1. The van der Waals surface area contributed by atoms with E-state index in [1.165, 1.54) is 6.07 Å². The number of carbonyl (C=O) groups excluding carboxylic acids is 1. The molecule has 1 aromatic carbocycles. The molecular weight excluding hydrogens is 295 g/mol. The number of nitrogens with one attached hydrogen (secondary N) is 1. The molecule has 122 valence electrons. The zero-order chi connectivity index (χ0) is 16.2. The summed E-state index contributed by atoms with van der Waals surface area (Å²) in [5.41, 5.74) is 0.223. The van der Waals surface area contributed by atoms with Crippen LogP contribution in [0, 0.1) is 5.82 Å². The first-order valence-corrected chi connectivity index (χ1v) is 8.00. The second-order valence-corrected chi connectivity index (χ2v) is 5.74. The molecule has 23 heavy (non-hydrogen) atoms. The van der Waals surface area contributed by atoms with Crippen LogP contribution in [0.4, 0.5) is 14.9 Å². The van der Waals surface area contributed by atoms with Gasteiger partial charge in [-0.15, -0.1) is 0 Å². The van der Waals surface area contributed by atoms with E-state index >= 15 is 0 Å². The lowest BCUT2D eigenvalue weighted by atomic mass is 9.96. The van der Waals surface area contributed by atoms with Crippen molar-refractivity contribution in [3.8, 4) is 0 Å². The van der Waals surface area contributed by atoms with Gasteiger partial charge in [-0.1, -0.05) is 12.1 Å². The molecule has 3 rings (SSSR count). The first-order valence-electron chi connectivity index (χ1n) is 8.00. The van der Waals surface area contributed by atoms with Crippen molar-refractivity contribution in [2.45, 2.75) is 32.2 Å². The summed E-state index contributed by atoms with van der Waals surface area (Å²) in [5.74, 6) is 1.06. The molecule has 2 heterocycles. The van der Waals surface area contributed by atoms with Crippen LogP contribution in [-0.2, 0) is 6.54 Å². The van der Waals surface area contributed by atoms with Crippen molar-refractivity contribution >= 4 is 11.7 Å². The summed E-state index contributed by atoms with van der Waals surface area (Å²) in [6.07, 6.45) is 5.58. The molecule has 1 fully saturated rings. The van der Waals surface area contributed by atoms with E-state index in [1.54, 1.807) is 23.1 Å². The molecule has 0 unspecified atom stereocenters. The third-order valence-electron chi connectivity index (χ3n) is 4.35. The SMILES string of the molecule is CCn1ccnc1C1CCN(C(=O)Nc2ccccc2F)CC1. The molecule has 0 atom stereocenters. The molecule has 0 radical (unpaired) electrons. The molecule has 0 aliphatic carbocycles. The molecule has 0 spiro atoms. The number of carbonyl (C=O) groups is 1. The van der Waals surface area contributed by atoms with Crippen molar-refractivity contribution in [3.05, 3.63) is 48.3 Å². The average Bonchev–Trinajstić information content (AvgIpc) is 3.05. The summed E-state index contributed by atoms with van der Waals surface area (Å²) in [6.45, 7) is 4.31. The Labute approximate surface area is 135 Å². The van der Waals surface area contributed by atoms with Crippen LogP contribution in [0.15, 0.2) is 36.7 Å². The van der Waals surface area contributed by atoms with Crippen LogP contribution in [0.25, 0.3) is 0 Å². The maximum atomic E-state index is 13.6. The molecule has 1 aromatic heterocycles. The molecule has 1 aliphatic rings. The van der Waals surface area contributed by atoms with Crippen LogP contribution in [0.1, 0.15) is 31.5 Å². The van der Waals surface area contributed by atoms with E-state index in [4.69, 9.17) is 0 Å². The Hall–Kier alpha value is -2.37. The fraction of sp³-hybridized carbons (Fsp3) is 0.412. The number of hydrogen-bond donors (Lipinski definition) is 1. The van der Waals surface area contributed by atoms with E-state index < -0.39 is 5.82 Å². The zero-order valence-corrected chi connectivity index (χ0v) is 13.2. The van der Waals surface area contributed by atoms with E-state index in [9.17, 15) is 9.18 Å². The van der Waals surface area contributed by atoms with Gasteiger partial charge in [0.2, 0.25) is 0 Å². The molecule has 0 bridgehead atoms. The van der Waals surface area contributed by atoms with Gasteiger partial charge < -0.3 is 14.8 Å². The number of piperidine rings is 1. The van der Waals surface area contributed by atoms with Crippen LogP contribution < -0.4 is 5.32 Å². The van der Waals surface area contributed by atoms with Crippen molar-refractivity contribution in [1.29, 1.82) is 0 Å². The minimum atomic E-state index is -0.416. The zero-order valence-electron chi connectivity index (χ0n) is 13.2. The lowest BCUT2D eigenvalue weighted by molar-refractivity contribution is 0.193. The lowest BCUT2D eigenvalue weighted by Gasteiger charge is -2.32. The summed E-state index contributed by atoms with van der Waals surface area (Å²) < 4.78 is 15.8. The van der Waals surface area contributed by atoms with Gasteiger partial charge in [0.1, 0.15) is 11.6 Å². The number of halogens is 1.